The Morgan fingerprint density at radius 1 is 0.800 bits per heavy atom. The molecule has 1 unspecified atom stereocenters. The molecular weight excluding hydrogens is 476 g/mol. The Balaban J connectivity index is 1.50. The van der Waals surface area contributed by atoms with Crippen molar-refractivity contribution in [3.8, 4) is 0 Å². The van der Waals surface area contributed by atoms with Crippen LogP contribution in [0.4, 0.5) is 11.4 Å². The zero-order chi connectivity index (χ0) is 24.8. The fourth-order valence-electron chi connectivity index (χ4n) is 3.57. The lowest BCUT2D eigenvalue weighted by Crippen LogP contribution is -2.19. The van der Waals surface area contributed by atoms with Gasteiger partial charge in [-0.3, -0.25) is 9.59 Å². The van der Waals surface area contributed by atoms with Crippen LogP contribution in [0.5, 0.6) is 0 Å². The Bertz CT molecular complexity index is 1340. The van der Waals surface area contributed by atoms with Crippen molar-refractivity contribution in [1.29, 1.82) is 0 Å². The third-order valence-corrected chi connectivity index (χ3v) is 7.16. The van der Waals surface area contributed by atoms with Gasteiger partial charge in [0.15, 0.2) is 0 Å². The van der Waals surface area contributed by atoms with E-state index in [4.69, 9.17) is 11.6 Å². The molecule has 6 heteroatoms. The second-order valence-corrected chi connectivity index (χ2v) is 9.75. The van der Waals surface area contributed by atoms with Crippen molar-refractivity contribution in [2.45, 2.75) is 24.0 Å². The lowest BCUT2D eigenvalue weighted by Gasteiger charge is -2.19. The molecule has 0 saturated heterocycles. The highest BCUT2D eigenvalue weighted by Gasteiger charge is 2.23. The predicted molar refractivity (Wildman–Crippen MR) is 145 cm³/mol. The highest BCUT2D eigenvalue weighted by atomic mass is 35.5. The minimum absolute atomic E-state index is 0.0896. The van der Waals surface area contributed by atoms with Gasteiger partial charge in [-0.25, -0.2) is 0 Å². The fraction of sp³-hybridized carbons (Fsp3) is 0.103. The lowest BCUT2D eigenvalue weighted by atomic mass is 10.1. The number of carbonyl (C=O) groups is 2. The molecule has 2 amide bonds. The zero-order valence-corrected chi connectivity index (χ0v) is 21.0. The van der Waals surface area contributed by atoms with Crippen LogP contribution in [0.15, 0.2) is 102 Å². The molecule has 1 atom stereocenters. The standard InChI is InChI=1S/C29H25ClN2O2S/c1-19-8-6-13-26(20(19)2)32-29(34)27(21-9-4-3-5-10-21)35-25-16-14-24(15-17-25)31-28(33)22-11-7-12-23(30)18-22/h3-18,27H,1-2H3,(H,31,33)(H,32,34). The van der Waals surface area contributed by atoms with E-state index >= 15 is 0 Å². The van der Waals surface area contributed by atoms with Crippen molar-refractivity contribution in [2.24, 2.45) is 0 Å². The van der Waals surface area contributed by atoms with Crippen molar-refractivity contribution in [3.05, 3.63) is 124 Å². The van der Waals surface area contributed by atoms with Gasteiger partial charge in [0.05, 0.1) is 0 Å². The number of amides is 2. The Kier molecular flexibility index (Phi) is 7.91. The summed E-state index contributed by atoms with van der Waals surface area (Å²) in [4.78, 5) is 26.8. The molecule has 0 aliphatic heterocycles. The van der Waals surface area contributed by atoms with Gasteiger partial charge in [-0.05, 0) is 79.1 Å². The van der Waals surface area contributed by atoms with Gasteiger partial charge < -0.3 is 10.6 Å². The van der Waals surface area contributed by atoms with E-state index in [1.165, 1.54) is 11.8 Å². The van der Waals surface area contributed by atoms with Crippen LogP contribution in [0.1, 0.15) is 32.3 Å². The van der Waals surface area contributed by atoms with E-state index in [9.17, 15) is 9.59 Å². The maximum Gasteiger partial charge on any atom is 0.255 e. The lowest BCUT2D eigenvalue weighted by molar-refractivity contribution is -0.115. The van der Waals surface area contributed by atoms with Gasteiger partial charge >= 0.3 is 0 Å². The first-order chi connectivity index (χ1) is 16.9. The van der Waals surface area contributed by atoms with Gasteiger partial charge in [-0.1, -0.05) is 60.1 Å². The van der Waals surface area contributed by atoms with Crippen molar-refractivity contribution >= 4 is 46.6 Å². The van der Waals surface area contributed by atoms with E-state index in [0.29, 0.717) is 16.3 Å². The Labute approximate surface area is 214 Å². The number of hydrogen-bond acceptors (Lipinski definition) is 3. The fourth-order valence-corrected chi connectivity index (χ4v) is 4.79. The van der Waals surface area contributed by atoms with E-state index in [0.717, 1.165) is 27.3 Å². The maximum absolute atomic E-state index is 13.4. The number of anilines is 2. The average molecular weight is 501 g/mol. The quantitative estimate of drug-likeness (QED) is 0.256. The van der Waals surface area contributed by atoms with Gasteiger partial charge in [-0.2, -0.15) is 0 Å². The molecule has 176 valence electrons. The van der Waals surface area contributed by atoms with Crippen LogP contribution in [-0.4, -0.2) is 11.8 Å². The van der Waals surface area contributed by atoms with E-state index in [-0.39, 0.29) is 11.8 Å². The number of rotatable bonds is 7. The van der Waals surface area contributed by atoms with E-state index < -0.39 is 5.25 Å². The SMILES string of the molecule is Cc1cccc(NC(=O)C(Sc2ccc(NC(=O)c3cccc(Cl)c3)cc2)c2ccccc2)c1C. The Morgan fingerprint density at radius 2 is 1.51 bits per heavy atom. The molecule has 0 fully saturated rings. The first kappa shape index (κ1) is 24.6. The molecule has 0 saturated carbocycles. The molecule has 0 spiro atoms. The third kappa shape index (κ3) is 6.32. The topological polar surface area (TPSA) is 58.2 Å². The van der Waals surface area contributed by atoms with E-state index in [1.807, 2.05) is 86.6 Å². The normalized spacial score (nSPS) is 11.5. The number of thioether (sulfide) groups is 1. The number of carbonyl (C=O) groups excluding carboxylic acids is 2. The number of halogens is 1. The summed E-state index contributed by atoms with van der Waals surface area (Å²) in [6.07, 6.45) is 0. The molecule has 0 radical (unpaired) electrons. The van der Waals surface area contributed by atoms with E-state index in [2.05, 4.69) is 10.6 Å². The molecule has 35 heavy (non-hydrogen) atoms. The summed E-state index contributed by atoms with van der Waals surface area (Å²) < 4.78 is 0. The van der Waals surface area contributed by atoms with Crippen LogP contribution in [0.25, 0.3) is 0 Å². The molecule has 0 aliphatic carbocycles. The van der Waals surface area contributed by atoms with Gasteiger partial charge in [0.2, 0.25) is 5.91 Å². The molecule has 0 aliphatic rings. The molecule has 4 aromatic carbocycles. The Hall–Kier alpha value is -3.54. The van der Waals surface area contributed by atoms with Crippen LogP contribution in [0.2, 0.25) is 5.02 Å². The summed E-state index contributed by atoms with van der Waals surface area (Å²) >= 11 is 7.45. The Morgan fingerprint density at radius 3 is 2.23 bits per heavy atom. The first-order valence-electron chi connectivity index (χ1n) is 11.2. The number of benzene rings is 4. The average Bonchev–Trinajstić information content (AvgIpc) is 2.87. The summed E-state index contributed by atoms with van der Waals surface area (Å²) in [5, 5.41) is 6.05. The highest BCUT2D eigenvalue weighted by molar-refractivity contribution is 8.00. The number of aryl methyl sites for hydroxylation is 1. The van der Waals surface area contributed by atoms with Gasteiger partial charge in [0.25, 0.3) is 5.91 Å². The van der Waals surface area contributed by atoms with E-state index in [1.54, 1.807) is 24.3 Å². The molecule has 0 aromatic heterocycles. The minimum atomic E-state index is -0.442. The van der Waals surface area contributed by atoms with Crippen LogP contribution >= 0.6 is 23.4 Å². The molecular formula is C29H25ClN2O2S. The summed E-state index contributed by atoms with van der Waals surface area (Å²) in [6.45, 7) is 4.03. The summed E-state index contributed by atoms with van der Waals surface area (Å²) in [5.41, 5.74) is 5.06. The summed E-state index contributed by atoms with van der Waals surface area (Å²) in [5.74, 6) is -0.323. The van der Waals surface area contributed by atoms with Crippen LogP contribution in [0, 0.1) is 13.8 Å². The van der Waals surface area contributed by atoms with Gasteiger partial charge in [0, 0.05) is 26.9 Å². The van der Waals surface area contributed by atoms with Crippen LogP contribution < -0.4 is 10.6 Å². The van der Waals surface area contributed by atoms with Crippen LogP contribution in [-0.2, 0) is 4.79 Å². The summed E-state index contributed by atoms with van der Waals surface area (Å²) in [7, 11) is 0. The molecule has 4 nitrogen and oxygen atoms in total. The molecule has 4 rings (SSSR count). The highest BCUT2D eigenvalue weighted by Crippen LogP contribution is 2.37. The van der Waals surface area contributed by atoms with Crippen molar-refractivity contribution in [1.82, 2.24) is 0 Å². The van der Waals surface area contributed by atoms with Gasteiger partial charge in [0.1, 0.15) is 5.25 Å². The molecule has 4 aromatic rings. The zero-order valence-electron chi connectivity index (χ0n) is 19.4. The maximum atomic E-state index is 13.4. The second kappa shape index (κ2) is 11.3. The van der Waals surface area contributed by atoms with Crippen molar-refractivity contribution in [2.75, 3.05) is 10.6 Å². The third-order valence-electron chi connectivity index (χ3n) is 5.66. The minimum Gasteiger partial charge on any atom is -0.325 e. The molecule has 0 bridgehead atoms. The van der Waals surface area contributed by atoms with Crippen LogP contribution in [0.3, 0.4) is 0 Å². The largest absolute Gasteiger partial charge is 0.325 e. The molecule has 0 heterocycles. The predicted octanol–water partition coefficient (Wildman–Crippen LogP) is 7.68. The smallest absolute Gasteiger partial charge is 0.255 e. The first-order valence-corrected chi connectivity index (χ1v) is 12.4. The molecule has 2 N–H and O–H groups in total. The monoisotopic (exact) mass is 500 g/mol. The van der Waals surface area contributed by atoms with Crippen molar-refractivity contribution < 1.29 is 9.59 Å². The number of nitrogens with one attached hydrogen (secondary N) is 2. The number of hydrogen-bond donors (Lipinski definition) is 2. The van der Waals surface area contributed by atoms with Gasteiger partial charge in [-0.15, -0.1) is 11.8 Å². The second-order valence-electron chi connectivity index (χ2n) is 8.13. The van der Waals surface area contributed by atoms with Crippen molar-refractivity contribution in [3.63, 3.8) is 0 Å². The summed E-state index contributed by atoms with van der Waals surface area (Å²) in [6, 6.07) is 29.9.